The van der Waals surface area contributed by atoms with E-state index in [9.17, 15) is 22.8 Å². The van der Waals surface area contributed by atoms with Crippen molar-refractivity contribution in [1.82, 2.24) is 19.7 Å². The van der Waals surface area contributed by atoms with Crippen molar-refractivity contribution in [1.29, 1.82) is 0 Å². The molecule has 2 aliphatic rings. The number of rotatable bonds is 6. The van der Waals surface area contributed by atoms with Crippen LogP contribution in [0.25, 0.3) is 16.9 Å². The molecule has 39 heavy (non-hydrogen) atoms. The number of carbonyl (C=O) groups excluding carboxylic acids is 2. The number of ether oxygens (including phenoxy) is 1. The standard InChI is InChI=1S/C28H22F3N5O3/c1-15-27(38)35(7-6-16-2-4-23-18(8-16)9-25(37)33-23)28(39-15)22-14-36(21-11-19(29)10-20(30)12-21)34-26(22)17-3-5-24(31)32-13-17/h2-5,8,10-15,28H,6-7,9H2,1H3,(H,33,37)/t15-,28-/m1/s1. The Balaban J connectivity index is 1.36. The molecular formula is C28H22F3N5O3. The van der Waals surface area contributed by atoms with Crippen LogP contribution in [-0.2, 0) is 27.2 Å². The fourth-order valence-corrected chi connectivity index (χ4v) is 4.94. The maximum atomic E-state index is 14.0. The number of aromatic nitrogens is 3. The van der Waals surface area contributed by atoms with Crippen molar-refractivity contribution < 1.29 is 27.5 Å². The number of carbonyl (C=O) groups is 2. The molecule has 0 radical (unpaired) electrons. The Morgan fingerprint density at radius 3 is 2.59 bits per heavy atom. The Kier molecular flexibility index (Phi) is 6.15. The normalized spacial score (nSPS) is 18.5. The Morgan fingerprint density at radius 1 is 1.05 bits per heavy atom. The molecule has 2 atom stereocenters. The predicted octanol–water partition coefficient (Wildman–Crippen LogP) is 4.33. The van der Waals surface area contributed by atoms with Gasteiger partial charge < -0.3 is 15.0 Å². The van der Waals surface area contributed by atoms with E-state index in [1.807, 2.05) is 18.2 Å². The zero-order valence-electron chi connectivity index (χ0n) is 20.7. The van der Waals surface area contributed by atoms with Gasteiger partial charge in [0.1, 0.15) is 23.4 Å². The fraction of sp³-hybridized carbons (Fsp3) is 0.214. The van der Waals surface area contributed by atoms with E-state index in [0.717, 1.165) is 35.0 Å². The van der Waals surface area contributed by atoms with Crippen LogP contribution in [0.4, 0.5) is 18.9 Å². The first kappa shape index (κ1) is 24.8. The van der Waals surface area contributed by atoms with Gasteiger partial charge in [-0.25, -0.2) is 18.4 Å². The summed E-state index contributed by atoms with van der Waals surface area (Å²) in [4.78, 5) is 30.2. The number of pyridine rings is 1. The Bertz CT molecular complexity index is 1580. The average Bonchev–Trinajstić information content (AvgIpc) is 3.57. The van der Waals surface area contributed by atoms with Crippen LogP contribution in [0, 0.1) is 17.6 Å². The highest BCUT2D eigenvalue weighted by Crippen LogP contribution is 2.37. The molecule has 2 aromatic heterocycles. The van der Waals surface area contributed by atoms with Gasteiger partial charge in [-0.3, -0.25) is 9.59 Å². The minimum Gasteiger partial charge on any atom is -0.341 e. The largest absolute Gasteiger partial charge is 0.341 e. The zero-order valence-corrected chi connectivity index (χ0v) is 20.7. The first-order chi connectivity index (χ1) is 18.7. The molecule has 0 unspecified atom stereocenters. The second-order valence-electron chi connectivity index (χ2n) is 9.50. The molecule has 1 N–H and O–H groups in total. The molecule has 0 saturated carbocycles. The number of nitrogens with one attached hydrogen (secondary N) is 1. The van der Waals surface area contributed by atoms with Crippen molar-refractivity contribution in [2.24, 2.45) is 0 Å². The summed E-state index contributed by atoms with van der Waals surface area (Å²) >= 11 is 0. The van der Waals surface area contributed by atoms with E-state index in [2.05, 4.69) is 15.4 Å². The number of benzene rings is 2. The zero-order chi connectivity index (χ0) is 27.3. The molecule has 2 amide bonds. The molecular weight excluding hydrogens is 511 g/mol. The van der Waals surface area contributed by atoms with Gasteiger partial charge in [-0.05, 0) is 54.8 Å². The van der Waals surface area contributed by atoms with Crippen LogP contribution < -0.4 is 5.32 Å². The number of amides is 2. The van der Waals surface area contributed by atoms with Gasteiger partial charge in [0.2, 0.25) is 11.9 Å². The second kappa shape index (κ2) is 9.66. The van der Waals surface area contributed by atoms with E-state index >= 15 is 0 Å². The van der Waals surface area contributed by atoms with Crippen LogP contribution in [0.15, 0.2) is 60.9 Å². The summed E-state index contributed by atoms with van der Waals surface area (Å²) in [5, 5.41) is 7.32. The lowest BCUT2D eigenvalue weighted by molar-refractivity contribution is -0.130. The molecule has 1 fully saturated rings. The Labute approximate surface area is 221 Å². The van der Waals surface area contributed by atoms with Gasteiger partial charge in [0.25, 0.3) is 5.91 Å². The topological polar surface area (TPSA) is 89.3 Å². The maximum Gasteiger partial charge on any atom is 0.253 e. The average molecular weight is 534 g/mol. The summed E-state index contributed by atoms with van der Waals surface area (Å²) in [6.45, 7) is 1.95. The summed E-state index contributed by atoms with van der Waals surface area (Å²) in [5.74, 6) is -2.52. The predicted molar refractivity (Wildman–Crippen MR) is 134 cm³/mol. The summed E-state index contributed by atoms with van der Waals surface area (Å²) in [6.07, 6.45) is 2.04. The molecule has 0 spiro atoms. The summed E-state index contributed by atoms with van der Waals surface area (Å²) in [7, 11) is 0. The van der Waals surface area contributed by atoms with Gasteiger partial charge in [0.15, 0.2) is 6.23 Å². The van der Waals surface area contributed by atoms with E-state index in [1.54, 1.807) is 18.0 Å². The lowest BCUT2D eigenvalue weighted by Crippen LogP contribution is -2.32. The number of hydrogen-bond donors (Lipinski definition) is 1. The third kappa shape index (κ3) is 4.76. The van der Waals surface area contributed by atoms with Gasteiger partial charge >= 0.3 is 0 Å². The number of nitrogens with zero attached hydrogens (tertiary/aromatic N) is 4. The number of hydrogen-bond acceptors (Lipinski definition) is 5. The van der Waals surface area contributed by atoms with Crippen molar-refractivity contribution in [3.05, 3.63) is 95.2 Å². The minimum atomic E-state index is -0.864. The molecule has 0 bridgehead atoms. The molecule has 6 rings (SSSR count). The molecule has 11 heteroatoms. The molecule has 4 heterocycles. The van der Waals surface area contributed by atoms with E-state index in [0.29, 0.717) is 36.2 Å². The lowest BCUT2D eigenvalue weighted by atomic mass is 10.0. The molecule has 2 aliphatic heterocycles. The van der Waals surface area contributed by atoms with E-state index < -0.39 is 29.9 Å². The van der Waals surface area contributed by atoms with Crippen LogP contribution in [0.3, 0.4) is 0 Å². The third-order valence-corrected chi connectivity index (χ3v) is 6.80. The Hall–Kier alpha value is -4.51. The van der Waals surface area contributed by atoms with Crippen molar-refractivity contribution in [3.63, 3.8) is 0 Å². The molecule has 8 nitrogen and oxygen atoms in total. The fourth-order valence-electron chi connectivity index (χ4n) is 4.94. The van der Waals surface area contributed by atoms with Gasteiger partial charge in [0.05, 0.1) is 12.1 Å². The molecule has 4 aromatic rings. The van der Waals surface area contributed by atoms with E-state index in [1.165, 1.54) is 23.0 Å². The Morgan fingerprint density at radius 2 is 1.85 bits per heavy atom. The lowest BCUT2D eigenvalue weighted by Gasteiger charge is -2.23. The highest BCUT2D eigenvalue weighted by molar-refractivity contribution is 5.99. The molecule has 198 valence electrons. The van der Waals surface area contributed by atoms with Crippen LogP contribution in [-0.4, -0.2) is 44.1 Å². The highest BCUT2D eigenvalue weighted by atomic mass is 19.1. The summed E-state index contributed by atoms with van der Waals surface area (Å²) in [6, 6.07) is 11.4. The number of halogens is 3. The SMILES string of the molecule is C[C@H]1O[C@H](c2cn(-c3cc(F)cc(F)c3)nc2-c2ccc(F)nc2)N(CCc2ccc3c(c2)CC(=O)N3)C1=O. The highest BCUT2D eigenvalue weighted by Gasteiger charge is 2.40. The second-order valence-corrected chi connectivity index (χ2v) is 9.50. The van der Waals surface area contributed by atoms with Gasteiger partial charge in [-0.2, -0.15) is 9.49 Å². The van der Waals surface area contributed by atoms with Gasteiger partial charge in [-0.15, -0.1) is 0 Å². The van der Waals surface area contributed by atoms with Gasteiger partial charge in [0, 0.05) is 41.8 Å². The summed E-state index contributed by atoms with van der Waals surface area (Å²) in [5.41, 5.74) is 3.98. The van der Waals surface area contributed by atoms with Crippen molar-refractivity contribution in [2.75, 3.05) is 11.9 Å². The first-order valence-electron chi connectivity index (χ1n) is 12.3. The van der Waals surface area contributed by atoms with Crippen LogP contribution >= 0.6 is 0 Å². The third-order valence-electron chi connectivity index (χ3n) is 6.80. The van der Waals surface area contributed by atoms with Crippen LogP contribution in [0.5, 0.6) is 0 Å². The van der Waals surface area contributed by atoms with Crippen LogP contribution in [0.2, 0.25) is 0 Å². The quantitative estimate of drug-likeness (QED) is 0.373. The van der Waals surface area contributed by atoms with E-state index in [4.69, 9.17) is 4.74 Å². The molecule has 2 aromatic carbocycles. The summed E-state index contributed by atoms with van der Waals surface area (Å²) < 4.78 is 48.9. The van der Waals surface area contributed by atoms with Crippen molar-refractivity contribution in [3.8, 4) is 16.9 Å². The van der Waals surface area contributed by atoms with Crippen molar-refractivity contribution >= 4 is 17.5 Å². The molecule has 1 saturated heterocycles. The van der Waals surface area contributed by atoms with Crippen LogP contribution in [0.1, 0.15) is 29.8 Å². The smallest absolute Gasteiger partial charge is 0.253 e. The van der Waals surface area contributed by atoms with Gasteiger partial charge in [-0.1, -0.05) is 12.1 Å². The maximum absolute atomic E-state index is 14.0. The number of fused-ring (bicyclic) bond motifs is 1. The van der Waals surface area contributed by atoms with Crippen molar-refractivity contribution in [2.45, 2.75) is 32.1 Å². The molecule has 0 aliphatic carbocycles. The monoisotopic (exact) mass is 533 g/mol. The van der Waals surface area contributed by atoms with E-state index in [-0.39, 0.29) is 17.5 Å². The first-order valence-corrected chi connectivity index (χ1v) is 12.3. The minimum absolute atomic E-state index is 0.0582. The number of anilines is 1.